The summed E-state index contributed by atoms with van der Waals surface area (Å²) in [7, 11) is 0. The van der Waals surface area contributed by atoms with Gasteiger partial charge in [-0.15, -0.1) is 0 Å². The van der Waals surface area contributed by atoms with E-state index in [4.69, 9.17) is 5.11 Å². The molecule has 0 bridgehead atoms. The molecule has 0 spiro atoms. The van der Waals surface area contributed by atoms with E-state index >= 15 is 0 Å². The molecule has 5 heteroatoms. The van der Waals surface area contributed by atoms with Crippen LogP contribution in [0.1, 0.15) is 10.4 Å². The Morgan fingerprint density at radius 3 is 2.45 bits per heavy atom. The summed E-state index contributed by atoms with van der Waals surface area (Å²) in [5.41, 5.74) is 0.220. The van der Waals surface area contributed by atoms with Crippen LogP contribution in [0.4, 0.5) is 0 Å². The van der Waals surface area contributed by atoms with Gasteiger partial charge < -0.3 is 5.11 Å². The minimum atomic E-state index is -0.942. The molecule has 4 radical (unpaired) electrons. The van der Waals surface area contributed by atoms with Crippen molar-refractivity contribution < 1.29 is 9.90 Å². The molecule has 0 aromatic carbocycles. The molecule has 3 nitrogen and oxygen atoms in total. The maximum Gasteiger partial charge on any atom is 0.337 e. The van der Waals surface area contributed by atoms with Crippen LogP contribution in [0.3, 0.4) is 0 Å². The van der Waals surface area contributed by atoms with Crippen LogP contribution in [-0.4, -0.2) is 76.9 Å². The Balaban J connectivity index is 0. The van der Waals surface area contributed by atoms with E-state index < -0.39 is 5.97 Å². The van der Waals surface area contributed by atoms with Gasteiger partial charge in [0.05, 0.1) is 5.56 Å². The van der Waals surface area contributed by atoms with Gasteiger partial charge >= 0.3 is 5.97 Å². The normalized spacial score (nSPS) is 7.27. The molecule has 1 aromatic rings. The molecule has 50 valence electrons. The van der Waals surface area contributed by atoms with Gasteiger partial charge in [-0.05, 0) is 12.1 Å². The first-order valence-electron chi connectivity index (χ1n) is 2.44. The molecule has 1 rings (SSSR count). The van der Waals surface area contributed by atoms with Crippen molar-refractivity contribution in [2.75, 3.05) is 0 Å². The zero-order valence-electron chi connectivity index (χ0n) is 6.03. The predicted octanol–water partition coefficient (Wildman–Crippen LogP) is 0.0182. The van der Waals surface area contributed by atoms with Gasteiger partial charge in [0.2, 0.25) is 0 Å². The smallest absolute Gasteiger partial charge is 0.337 e. The van der Waals surface area contributed by atoms with Gasteiger partial charge in [-0.3, -0.25) is 4.98 Å². The topological polar surface area (TPSA) is 50.2 Å². The zero-order valence-corrected chi connectivity index (χ0v) is 9.65. The van der Waals surface area contributed by atoms with Gasteiger partial charge in [0.15, 0.2) is 0 Å². The Hall–Kier alpha value is 0.646. The van der Waals surface area contributed by atoms with Crippen molar-refractivity contribution in [2.45, 2.75) is 0 Å². The number of pyridine rings is 1. The molecule has 1 aromatic heterocycles. The van der Waals surface area contributed by atoms with E-state index in [9.17, 15) is 4.79 Å². The summed E-state index contributed by atoms with van der Waals surface area (Å²) in [5, 5.41) is 8.34. The van der Waals surface area contributed by atoms with Crippen molar-refractivity contribution in [1.82, 2.24) is 4.98 Å². The van der Waals surface area contributed by atoms with Crippen LogP contribution in [0.2, 0.25) is 0 Å². The largest absolute Gasteiger partial charge is 0.478 e. The average molecular weight is 187 g/mol. The molecule has 0 aliphatic heterocycles. The Morgan fingerprint density at radius 1 is 1.55 bits per heavy atom. The first-order valence-corrected chi connectivity index (χ1v) is 2.44. The quantitative estimate of drug-likeness (QED) is 0.631. The number of hydrogen-bond donors (Lipinski definition) is 1. The Bertz CT molecular complexity index is 217. The second kappa shape index (κ2) is 7.30. The van der Waals surface area contributed by atoms with Crippen molar-refractivity contribution in [3.05, 3.63) is 30.1 Å². The zero-order chi connectivity index (χ0) is 6.69. The number of aromatic carboxylic acids is 1. The van der Waals surface area contributed by atoms with E-state index in [1.807, 2.05) is 0 Å². The molecule has 0 aliphatic carbocycles. The summed E-state index contributed by atoms with van der Waals surface area (Å²) in [6.45, 7) is 0. The summed E-state index contributed by atoms with van der Waals surface area (Å²) in [4.78, 5) is 13.8. The summed E-state index contributed by atoms with van der Waals surface area (Å²) in [6.07, 6.45) is 2.84. The van der Waals surface area contributed by atoms with Crippen LogP contribution in [-0.2, 0) is 0 Å². The van der Waals surface area contributed by atoms with Crippen LogP contribution < -0.4 is 0 Å². The number of carboxylic acids is 1. The van der Waals surface area contributed by atoms with Crippen molar-refractivity contribution in [1.29, 1.82) is 0 Å². The minimum Gasteiger partial charge on any atom is -0.478 e. The van der Waals surface area contributed by atoms with E-state index in [-0.39, 0.29) is 66.4 Å². The molecule has 0 saturated heterocycles. The molecule has 1 N–H and O–H groups in total. The van der Waals surface area contributed by atoms with Gasteiger partial charge in [0.1, 0.15) is 0 Å². The van der Waals surface area contributed by atoms with Crippen LogP contribution in [0.25, 0.3) is 0 Å². The van der Waals surface area contributed by atoms with E-state index in [0.717, 1.165) is 0 Å². The summed E-state index contributed by atoms with van der Waals surface area (Å²) in [5.74, 6) is -0.942. The summed E-state index contributed by atoms with van der Waals surface area (Å²) >= 11 is 0. The number of carboxylic acid groups (broad SMARTS) is 1. The first-order chi connectivity index (χ1) is 4.30. The third-order valence-corrected chi connectivity index (χ3v) is 0.908. The van der Waals surface area contributed by atoms with E-state index in [1.165, 1.54) is 18.5 Å². The fourth-order valence-corrected chi connectivity index (χ4v) is 0.489. The number of hydrogen-bond acceptors (Lipinski definition) is 2. The number of carbonyl (C=O) groups is 1. The molecule has 11 heavy (non-hydrogen) atoms. The monoisotopic (exact) mass is 187 g/mol. The molecule has 0 fully saturated rings. The second-order valence-corrected chi connectivity index (χ2v) is 1.55. The summed E-state index contributed by atoms with van der Waals surface area (Å²) < 4.78 is 0. The maximum atomic E-state index is 10.2. The SMILES string of the molecule is O=C(O)c1cccnc1.[Ca].[Mg]. The molecule has 0 saturated carbocycles. The molecular weight excluding hydrogens is 182 g/mol. The third kappa shape index (κ3) is 4.98. The van der Waals surface area contributed by atoms with Crippen molar-refractivity contribution in [2.24, 2.45) is 0 Å². The first kappa shape index (κ1) is 14.2. The molecule has 0 atom stereocenters. The Kier molecular flexibility index (Phi) is 9.42. The molecule has 0 unspecified atom stereocenters. The molecule has 1 heterocycles. The molecular formula is C6H5CaMgNO2. The van der Waals surface area contributed by atoms with Crippen LogP contribution in [0.5, 0.6) is 0 Å². The van der Waals surface area contributed by atoms with Gasteiger partial charge in [0, 0.05) is 73.2 Å². The number of nitrogens with zero attached hydrogens (tertiary/aromatic N) is 1. The fraction of sp³-hybridized carbons (Fsp3) is 0. The predicted molar refractivity (Wildman–Crippen MR) is 42.7 cm³/mol. The van der Waals surface area contributed by atoms with E-state index in [2.05, 4.69) is 4.98 Å². The molecule has 0 aliphatic rings. The van der Waals surface area contributed by atoms with Crippen molar-refractivity contribution >= 4 is 66.8 Å². The van der Waals surface area contributed by atoms with Crippen molar-refractivity contribution in [3.8, 4) is 0 Å². The molecule has 0 amide bonds. The van der Waals surface area contributed by atoms with E-state index in [1.54, 1.807) is 6.07 Å². The van der Waals surface area contributed by atoms with Crippen molar-refractivity contribution in [3.63, 3.8) is 0 Å². The van der Waals surface area contributed by atoms with Gasteiger partial charge in [0.25, 0.3) is 0 Å². The van der Waals surface area contributed by atoms with Crippen LogP contribution in [0.15, 0.2) is 24.5 Å². The third-order valence-electron chi connectivity index (χ3n) is 0.908. The van der Waals surface area contributed by atoms with Crippen LogP contribution >= 0.6 is 0 Å². The fourth-order valence-electron chi connectivity index (χ4n) is 0.489. The van der Waals surface area contributed by atoms with Gasteiger partial charge in [-0.25, -0.2) is 4.79 Å². The average Bonchev–Trinajstić information content (AvgIpc) is 1.90. The standard InChI is InChI=1S/C6H5NO2.Ca.Mg/c8-6(9)5-2-1-3-7-4-5;;/h1-4H,(H,8,9);;. The maximum absolute atomic E-state index is 10.2. The Morgan fingerprint density at radius 2 is 2.18 bits per heavy atom. The summed E-state index contributed by atoms with van der Waals surface area (Å²) in [6, 6.07) is 3.08. The second-order valence-electron chi connectivity index (χ2n) is 1.55. The number of aromatic nitrogens is 1. The van der Waals surface area contributed by atoms with Crippen LogP contribution in [0, 0.1) is 0 Å². The Labute approximate surface area is 110 Å². The minimum absolute atomic E-state index is 0. The van der Waals surface area contributed by atoms with E-state index in [0.29, 0.717) is 0 Å². The number of rotatable bonds is 1. The van der Waals surface area contributed by atoms with Gasteiger partial charge in [-0.1, -0.05) is 0 Å². The van der Waals surface area contributed by atoms with Gasteiger partial charge in [-0.2, -0.15) is 0 Å².